The molecule has 0 aliphatic carbocycles. The molecule has 1 aromatic rings. The lowest BCUT2D eigenvalue weighted by atomic mass is 10.4. The summed E-state index contributed by atoms with van der Waals surface area (Å²) >= 11 is 7.11. The molecule has 2 rings (SSSR count). The monoisotopic (exact) mass is 322 g/mol. The fraction of sp³-hybridized carbons (Fsp3) is 0.444. The van der Waals surface area contributed by atoms with E-state index in [-0.39, 0.29) is 24.0 Å². The molecule has 7 nitrogen and oxygen atoms in total. The number of carbonyl (C=O) groups is 1. The number of aromatic nitrogens is 2. The van der Waals surface area contributed by atoms with E-state index in [0.29, 0.717) is 11.0 Å². The third-order valence-electron chi connectivity index (χ3n) is 2.67. The van der Waals surface area contributed by atoms with Crippen molar-refractivity contribution in [3.8, 4) is 0 Å². The average molecular weight is 323 g/mol. The second kappa shape index (κ2) is 5.23. The lowest BCUT2D eigenvalue weighted by Gasteiger charge is -2.15. The molecular weight excluding hydrogens is 312 g/mol. The molecule has 0 spiro atoms. The van der Waals surface area contributed by atoms with Crippen molar-refractivity contribution in [1.82, 2.24) is 9.97 Å². The number of halogens is 1. The van der Waals surface area contributed by atoms with Crippen molar-refractivity contribution >= 4 is 45.1 Å². The van der Waals surface area contributed by atoms with E-state index >= 15 is 0 Å². The molecule has 19 heavy (non-hydrogen) atoms. The second-order valence-electron chi connectivity index (χ2n) is 3.96. The molecule has 0 bridgehead atoms. The number of hydrogen-bond donors (Lipinski definition) is 1. The topological polar surface area (TPSA) is 106 Å². The minimum atomic E-state index is -3.75. The van der Waals surface area contributed by atoms with Crippen molar-refractivity contribution in [2.75, 3.05) is 17.7 Å². The number of hydrogen-bond acceptors (Lipinski definition) is 6. The minimum Gasteiger partial charge on any atom is -0.295 e. The van der Waals surface area contributed by atoms with Gasteiger partial charge in [-0.3, -0.25) is 9.69 Å². The zero-order chi connectivity index (χ0) is 14.2. The Morgan fingerprint density at radius 3 is 2.74 bits per heavy atom. The van der Waals surface area contributed by atoms with Gasteiger partial charge in [0.25, 0.3) is 0 Å². The molecular formula is C9H11ClN4O3S2. The van der Waals surface area contributed by atoms with Crippen LogP contribution in [-0.2, 0) is 14.8 Å². The van der Waals surface area contributed by atoms with Gasteiger partial charge >= 0.3 is 0 Å². The minimum absolute atomic E-state index is 0.0150. The van der Waals surface area contributed by atoms with Gasteiger partial charge in [0.2, 0.25) is 15.9 Å². The van der Waals surface area contributed by atoms with Gasteiger partial charge in [0.1, 0.15) is 16.2 Å². The molecule has 1 saturated heterocycles. The Morgan fingerprint density at radius 2 is 2.21 bits per heavy atom. The molecule has 1 aromatic heterocycles. The molecule has 10 heteroatoms. The first kappa shape index (κ1) is 14.5. The Hall–Kier alpha value is -0.900. The Labute approximate surface area is 119 Å². The van der Waals surface area contributed by atoms with Gasteiger partial charge in [0, 0.05) is 19.0 Å². The maximum atomic E-state index is 11.8. The first-order chi connectivity index (χ1) is 8.81. The molecule has 1 unspecified atom stereocenters. The Kier molecular flexibility index (Phi) is 4.00. The number of carbonyl (C=O) groups excluding carboxylic acids is 1. The maximum absolute atomic E-state index is 11.8. The summed E-state index contributed by atoms with van der Waals surface area (Å²) in [7, 11) is -3.75. The molecule has 1 aliphatic rings. The molecule has 1 amide bonds. The zero-order valence-electron chi connectivity index (χ0n) is 9.91. The van der Waals surface area contributed by atoms with Crippen molar-refractivity contribution in [3.63, 3.8) is 0 Å². The highest BCUT2D eigenvalue weighted by molar-refractivity contribution is 7.98. The van der Waals surface area contributed by atoms with Crippen molar-refractivity contribution in [1.29, 1.82) is 0 Å². The van der Waals surface area contributed by atoms with Gasteiger partial charge in [-0.05, 0) is 6.26 Å². The summed E-state index contributed by atoms with van der Waals surface area (Å²) in [6.07, 6.45) is 1.63. The van der Waals surface area contributed by atoms with Crippen molar-refractivity contribution in [2.24, 2.45) is 5.14 Å². The Morgan fingerprint density at radius 1 is 1.53 bits per heavy atom. The SMILES string of the molecule is CSc1nc(Cl)cc(N2CC(S(N)(=O)=O)CC2=O)n1. The van der Waals surface area contributed by atoms with Gasteiger partial charge in [-0.1, -0.05) is 23.4 Å². The second-order valence-corrected chi connectivity index (χ2v) is 6.96. The van der Waals surface area contributed by atoms with Crippen LogP contribution in [0.3, 0.4) is 0 Å². The fourth-order valence-corrected chi connectivity index (χ4v) is 3.07. The van der Waals surface area contributed by atoms with Gasteiger partial charge in [0.15, 0.2) is 5.16 Å². The lowest BCUT2D eigenvalue weighted by Crippen LogP contribution is -2.32. The summed E-state index contributed by atoms with van der Waals surface area (Å²) in [5.41, 5.74) is 0. The van der Waals surface area contributed by atoms with E-state index in [0.717, 1.165) is 0 Å². The standard InChI is InChI=1S/C9H11ClN4O3S2/c1-18-9-12-6(10)3-7(13-9)14-4-5(2-8(14)15)19(11,16)17/h3,5H,2,4H2,1H3,(H2,11,16,17). The fourth-order valence-electron chi connectivity index (χ4n) is 1.73. The van der Waals surface area contributed by atoms with Crippen LogP contribution in [0.2, 0.25) is 5.15 Å². The number of amides is 1. The molecule has 1 atom stereocenters. The van der Waals surface area contributed by atoms with E-state index in [9.17, 15) is 13.2 Å². The molecule has 0 aromatic carbocycles. The van der Waals surface area contributed by atoms with E-state index in [1.165, 1.54) is 22.7 Å². The van der Waals surface area contributed by atoms with E-state index in [2.05, 4.69) is 9.97 Å². The zero-order valence-corrected chi connectivity index (χ0v) is 12.3. The largest absolute Gasteiger partial charge is 0.295 e. The van der Waals surface area contributed by atoms with Crippen LogP contribution in [0, 0.1) is 0 Å². The molecule has 0 saturated carbocycles. The summed E-state index contributed by atoms with van der Waals surface area (Å²) in [4.78, 5) is 21.2. The first-order valence-corrected chi connectivity index (χ1v) is 8.43. The van der Waals surface area contributed by atoms with E-state index < -0.39 is 15.3 Å². The highest BCUT2D eigenvalue weighted by atomic mass is 35.5. The number of thioether (sulfide) groups is 1. The molecule has 0 radical (unpaired) electrons. The molecule has 1 aliphatic heterocycles. The summed E-state index contributed by atoms with van der Waals surface area (Å²) in [5.74, 6) is -0.0543. The van der Waals surface area contributed by atoms with Crippen LogP contribution in [-0.4, -0.2) is 42.3 Å². The molecule has 1 fully saturated rings. The average Bonchev–Trinajstić information content (AvgIpc) is 2.70. The van der Waals surface area contributed by atoms with Gasteiger partial charge < -0.3 is 0 Å². The van der Waals surface area contributed by atoms with E-state index in [1.807, 2.05) is 0 Å². The lowest BCUT2D eigenvalue weighted by molar-refractivity contribution is -0.117. The predicted molar refractivity (Wildman–Crippen MR) is 72.7 cm³/mol. The smallest absolute Gasteiger partial charge is 0.229 e. The summed E-state index contributed by atoms with van der Waals surface area (Å²) in [6.45, 7) is -0.0150. The number of primary sulfonamides is 1. The highest BCUT2D eigenvalue weighted by Gasteiger charge is 2.38. The molecule has 2 heterocycles. The van der Waals surface area contributed by atoms with E-state index in [4.69, 9.17) is 16.7 Å². The number of sulfonamides is 1. The quantitative estimate of drug-likeness (QED) is 0.485. The first-order valence-electron chi connectivity index (χ1n) is 5.22. The number of rotatable bonds is 3. The normalized spacial score (nSPS) is 20.1. The van der Waals surface area contributed by atoms with Gasteiger partial charge in [-0.2, -0.15) is 0 Å². The number of nitrogens with zero attached hydrogens (tertiary/aromatic N) is 3. The summed E-state index contributed by atoms with van der Waals surface area (Å²) in [5, 5.41) is 4.76. The van der Waals surface area contributed by atoms with Gasteiger partial charge in [-0.25, -0.2) is 23.5 Å². The number of anilines is 1. The number of nitrogens with two attached hydrogens (primary N) is 1. The van der Waals surface area contributed by atoms with Crippen LogP contribution >= 0.6 is 23.4 Å². The van der Waals surface area contributed by atoms with Crippen LogP contribution < -0.4 is 10.0 Å². The summed E-state index contributed by atoms with van der Waals surface area (Å²) < 4.78 is 22.6. The Balaban J connectivity index is 2.33. The van der Waals surface area contributed by atoms with Gasteiger partial charge in [0.05, 0.1) is 0 Å². The summed E-state index contributed by atoms with van der Waals surface area (Å²) in [6, 6.07) is 1.42. The van der Waals surface area contributed by atoms with Crippen LogP contribution in [0.4, 0.5) is 5.82 Å². The van der Waals surface area contributed by atoms with Gasteiger partial charge in [-0.15, -0.1) is 0 Å². The third-order valence-corrected chi connectivity index (χ3v) is 4.66. The van der Waals surface area contributed by atoms with Crippen molar-refractivity contribution in [2.45, 2.75) is 16.8 Å². The maximum Gasteiger partial charge on any atom is 0.229 e. The highest BCUT2D eigenvalue weighted by Crippen LogP contribution is 2.26. The van der Waals surface area contributed by atoms with Crippen molar-refractivity contribution < 1.29 is 13.2 Å². The predicted octanol–water partition coefficient (Wildman–Crippen LogP) is 0.246. The Bertz CT molecular complexity index is 622. The van der Waals surface area contributed by atoms with Crippen LogP contribution in [0.25, 0.3) is 0 Å². The van der Waals surface area contributed by atoms with Crippen LogP contribution in [0.1, 0.15) is 6.42 Å². The van der Waals surface area contributed by atoms with Crippen LogP contribution in [0.5, 0.6) is 0 Å². The third kappa shape index (κ3) is 3.16. The van der Waals surface area contributed by atoms with Crippen LogP contribution in [0.15, 0.2) is 11.2 Å². The molecule has 2 N–H and O–H groups in total. The van der Waals surface area contributed by atoms with E-state index in [1.54, 1.807) is 6.26 Å². The molecule has 104 valence electrons. The van der Waals surface area contributed by atoms with Crippen molar-refractivity contribution in [3.05, 3.63) is 11.2 Å².